The molecule has 7 heteroatoms. The number of rotatable bonds is 8. The van der Waals surface area contributed by atoms with Crippen molar-refractivity contribution in [3.05, 3.63) is 97.0 Å². The van der Waals surface area contributed by atoms with Crippen LogP contribution in [0.2, 0.25) is 0 Å². The first kappa shape index (κ1) is 20.6. The van der Waals surface area contributed by atoms with Gasteiger partial charge >= 0.3 is 0 Å². The van der Waals surface area contributed by atoms with Crippen LogP contribution in [0.3, 0.4) is 0 Å². The molecule has 0 saturated carbocycles. The minimum atomic E-state index is 0.0104. The second-order valence-electron chi connectivity index (χ2n) is 7.42. The van der Waals surface area contributed by atoms with E-state index in [4.69, 9.17) is 4.42 Å². The van der Waals surface area contributed by atoms with Gasteiger partial charge in [0.15, 0.2) is 0 Å². The Balaban J connectivity index is 1.46. The lowest BCUT2D eigenvalue weighted by atomic mass is 10.1. The second-order valence-corrected chi connectivity index (χ2v) is 7.42. The van der Waals surface area contributed by atoms with Crippen LogP contribution in [-0.4, -0.2) is 39.2 Å². The Kier molecular flexibility index (Phi) is 6.24. The van der Waals surface area contributed by atoms with Crippen molar-refractivity contribution in [3.63, 3.8) is 0 Å². The van der Waals surface area contributed by atoms with Gasteiger partial charge in [0.1, 0.15) is 18.4 Å². The Bertz CT molecular complexity index is 1080. The van der Waals surface area contributed by atoms with Crippen LogP contribution in [0, 0.1) is 0 Å². The number of anilines is 1. The summed E-state index contributed by atoms with van der Waals surface area (Å²) in [6.45, 7) is 2.77. The van der Waals surface area contributed by atoms with Crippen molar-refractivity contribution in [2.75, 3.05) is 18.5 Å². The fourth-order valence-electron chi connectivity index (χ4n) is 3.43. The summed E-state index contributed by atoms with van der Waals surface area (Å²) in [6, 6.07) is 21.6. The second kappa shape index (κ2) is 9.40. The zero-order valence-electron chi connectivity index (χ0n) is 17.6. The van der Waals surface area contributed by atoms with E-state index in [1.165, 1.54) is 6.33 Å². The van der Waals surface area contributed by atoms with Crippen molar-refractivity contribution >= 4 is 11.6 Å². The number of hydrogen-bond donors (Lipinski definition) is 0. The number of likely N-dealkylation sites (N-methyl/N-ethyl adjacent to an activating group) is 1. The Morgan fingerprint density at radius 1 is 1.06 bits per heavy atom. The van der Waals surface area contributed by atoms with Gasteiger partial charge < -0.3 is 9.32 Å². The molecule has 0 fully saturated rings. The first-order valence-corrected chi connectivity index (χ1v) is 10.1. The van der Waals surface area contributed by atoms with Gasteiger partial charge in [-0.3, -0.25) is 9.69 Å². The first-order chi connectivity index (χ1) is 15.1. The summed E-state index contributed by atoms with van der Waals surface area (Å²) in [6.07, 6.45) is 4.80. The monoisotopic (exact) mass is 415 g/mol. The molecule has 2 heterocycles. The van der Waals surface area contributed by atoms with E-state index in [0.29, 0.717) is 6.54 Å². The summed E-state index contributed by atoms with van der Waals surface area (Å²) in [5.74, 6) is 0.757. The molecule has 4 rings (SSSR count). The quantitative estimate of drug-likeness (QED) is 0.434. The molecule has 158 valence electrons. The Morgan fingerprint density at radius 2 is 1.84 bits per heavy atom. The van der Waals surface area contributed by atoms with Crippen molar-refractivity contribution < 1.29 is 9.21 Å². The summed E-state index contributed by atoms with van der Waals surface area (Å²) in [4.78, 5) is 21.0. The maximum atomic E-state index is 13.2. The van der Waals surface area contributed by atoms with Crippen LogP contribution in [0.15, 0.2) is 90.1 Å². The van der Waals surface area contributed by atoms with Crippen molar-refractivity contribution in [1.82, 2.24) is 19.7 Å². The zero-order chi connectivity index (χ0) is 21.6. The average molecular weight is 415 g/mol. The largest absolute Gasteiger partial charge is 0.467 e. The lowest BCUT2D eigenvalue weighted by Gasteiger charge is -2.28. The van der Waals surface area contributed by atoms with E-state index in [2.05, 4.69) is 29.1 Å². The van der Waals surface area contributed by atoms with Crippen LogP contribution in [0.4, 0.5) is 5.69 Å². The van der Waals surface area contributed by atoms with Crippen LogP contribution in [0.5, 0.6) is 0 Å². The highest BCUT2D eigenvalue weighted by atomic mass is 16.3. The van der Waals surface area contributed by atoms with Gasteiger partial charge in [-0.05, 0) is 55.9 Å². The molecular formula is C24H25N5O2. The molecule has 0 N–H and O–H groups in total. The molecule has 0 aliphatic rings. The molecule has 0 aliphatic heterocycles. The molecule has 2 aromatic heterocycles. The summed E-state index contributed by atoms with van der Waals surface area (Å²) >= 11 is 0. The third-order valence-electron chi connectivity index (χ3n) is 5.37. The third kappa shape index (κ3) is 4.90. The van der Waals surface area contributed by atoms with Gasteiger partial charge in [-0.25, -0.2) is 9.67 Å². The fourth-order valence-corrected chi connectivity index (χ4v) is 3.43. The number of nitrogens with zero attached hydrogens (tertiary/aromatic N) is 5. The molecule has 2 aromatic carbocycles. The number of amides is 1. The lowest BCUT2D eigenvalue weighted by molar-refractivity contribution is -0.120. The van der Waals surface area contributed by atoms with Crippen molar-refractivity contribution in [2.24, 2.45) is 0 Å². The first-order valence-electron chi connectivity index (χ1n) is 10.1. The van der Waals surface area contributed by atoms with Gasteiger partial charge in [0.25, 0.3) is 0 Å². The summed E-state index contributed by atoms with van der Waals surface area (Å²) < 4.78 is 7.20. The Hall–Kier alpha value is -3.71. The highest BCUT2D eigenvalue weighted by molar-refractivity contribution is 5.94. The van der Waals surface area contributed by atoms with Crippen molar-refractivity contribution in [2.45, 2.75) is 19.5 Å². The number of carbonyl (C=O) groups is 1. The number of carbonyl (C=O) groups excluding carboxylic acids is 1. The van der Waals surface area contributed by atoms with Gasteiger partial charge in [-0.1, -0.05) is 30.3 Å². The highest BCUT2D eigenvalue weighted by Gasteiger charge is 2.21. The SMILES string of the molecule is C[C@@H](c1ccc(-n2cncn2)cc1)N(C)CC(=O)N(Cc1ccco1)c1ccccc1. The standard InChI is InChI=1S/C24H25N5O2/c1-19(20-10-12-22(13-11-20)29-18-25-17-26-29)27(2)16-24(30)28(15-23-9-6-14-31-23)21-7-4-3-5-8-21/h3-14,17-19H,15-16H2,1-2H3/t19-/m0/s1. The smallest absolute Gasteiger partial charge is 0.241 e. The number of benzene rings is 2. The minimum Gasteiger partial charge on any atom is -0.467 e. The normalized spacial score (nSPS) is 12.1. The Morgan fingerprint density at radius 3 is 2.48 bits per heavy atom. The van der Waals surface area contributed by atoms with E-state index in [0.717, 1.165) is 22.7 Å². The molecule has 0 spiro atoms. The van der Waals surface area contributed by atoms with Crippen LogP contribution in [-0.2, 0) is 11.3 Å². The maximum absolute atomic E-state index is 13.2. The van der Waals surface area contributed by atoms with E-state index in [-0.39, 0.29) is 18.5 Å². The van der Waals surface area contributed by atoms with Crippen LogP contribution >= 0.6 is 0 Å². The van der Waals surface area contributed by atoms with Gasteiger partial charge in [-0.2, -0.15) is 5.10 Å². The van der Waals surface area contributed by atoms with Gasteiger partial charge in [0, 0.05) is 11.7 Å². The summed E-state index contributed by atoms with van der Waals surface area (Å²) in [5.41, 5.74) is 2.92. The summed E-state index contributed by atoms with van der Waals surface area (Å²) in [5, 5.41) is 4.15. The topological polar surface area (TPSA) is 67.4 Å². The highest BCUT2D eigenvalue weighted by Crippen LogP contribution is 2.22. The summed E-state index contributed by atoms with van der Waals surface area (Å²) in [7, 11) is 1.96. The number of aromatic nitrogens is 3. The molecular weight excluding hydrogens is 390 g/mol. The van der Waals surface area contributed by atoms with Gasteiger partial charge in [0.2, 0.25) is 5.91 Å². The number of hydrogen-bond acceptors (Lipinski definition) is 5. The molecule has 0 aliphatic carbocycles. The lowest BCUT2D eigenvalue weighted by Crippen LogP contribution is -2.39. The van der Waals surface area contributed by atoms with Crippen LogP contribution < -0.4 is 4.90 Å². The van der Waals surface area contributed by atoms with E-state index in [1.54, 1.807) is 22.2 Å². The molecule has 0 bridgehead atoms. The van der Waals surface area contributed by atoms with Crippen molar-refractivity contribution in [1.29, 1.82) is 0 Å². The molecule has 0 saturated heterocycles. The average Bonchev–Trinajstić information content (AvgIpc) is 3.52. The number of furan rings is 1. The maximum Gasteiger partial charge on any atom is 0.241 e. The number of para-hydroxylation sites is 1. The van der Waals surface area contributed by atoms with E-state index >= 15 is 0 Å². The molecule has 1 amide bonds. The molecule has 31 heavy (non-hydrogen) atoms. The van der Waals surface area contributed by atoms with E-state index in [9.17, 15) is 4.79 Å². The molecule has 0 radical (unpaired) electrons. The van der Waals surface area contributed by atoms with E-state index < -0.39 is 0 Å². The Labute approximate surface area is 181 Å². The molecule has 0 unspecified atom stereocenters. The third-order valence-corrected chi connectivity index (χ3v) is 5.37. The minimum absolute atomic E-state index is 0.0104. The predicted octanol–water partition coefficient (Wildman–Crippen LogP) is 4.09. The van der Waals surface area contributed by atoms with Crippen molar-refractivity contribution in [3.8, 4) is 5.69 Å². The van der Waals surface area contributed by atoms with Gasteiger partial charge in [-0.15, -0.1) is 0 Å². The molecule has 1 atom stereocenters. The van der Waals surface area contributed by atoms with E-state index in [1.807, 2.05) is 66.5 Å². The van der Waals surface area contributed by atoms with Crippen LogP contribution in [0.1, 0.15) is 24.3 Å². The van der Waals surface area contributed by atoms with Crippen LogP contribution in [0.25, 0.3) is 5.69 Å². The predicted molar refractivity (Wildman–Crippen MR) is 119 cm³/mol. The van der Waals surface area contributed by atoms with Gasteiger partial charge in [0.05, 0.1) is 25.0 Å². The molecule has 4 aromatic rings. The zero-order valence-corrected chi connectivity index (χ0v) is 17.6. The fraction of sp³-hybridized carbons (Fsp3) is 0.208. The molecule has 7 nitrogen and oxygen atoms in total.